The van der Waals surface area contributed by atoms with E-state index < -0.39 is 11.7 Å². The number of benzene rings is 2. The zero-order valence-corrected chi connectivity index (χ0v) is 14.6. The van der Waals surface area contributed by atoms with E-state index in [1.54, 1.807) is 11.0 Å². The Morgan fingerprint density at radius 3 is 2.78 bits per heavy atom. The molecule has 2 N–H and O–H groups in total. The van der Waals surface area contributed by atoms with Crippen molar-refractivity contribution in [3.05, 3.63) is 65.7 Å². The highest BCUT2D eigenvalue weighted by atomic mass is 19.1. The number of halogens is 1. The highest BCUT2D eigenvalue weighted by molar-refractivity contribution is 5.96. The molecule has 2 heterocycles. The number of hydrogen-bond donors (Lipinski definition) is 2. The number of fused-ring (bicyclic) bond motifs is 1. The molecule has 2 amide bonds. The third kappa shape index (κ3) is 3.40. The van der Waals surface area contributed by atoms with E-state index >= 15 is 0 Å². The second-order valence-corrected chi connectivity index (χ2v) is 6.55. The van der Waals surface area contributed by atoms with E-state index in [4.69, 9.17) is 0 Å². The van der Waals surface area contributed by atoms with Crippen LogP contribution in [0.1, 0.15) is 35.1 Å². The predicted molar refractivity (Wildman–Crippen MR) is 98.5 cm³/mol. The highest BCUT2D eigenvalue weighted by Gasteiger charge is 2.32. The van der Waals surface area contributed by atoms with Gasteiger partial charge in [0.2, 0.25) is 5.91 Å². The van der Waals surface area contributed by atoms with Gasteiger partial charge in [0.1, 0.15) is 11.6 Å². The van der Waals surface area contributed by atoms with Crippen molar-refractivity contribution in [1.29, 1.82) is 0 Å². The standard InChI is InChI=1S/C20H19FN4O2/c21-14-7-2-1-6-13(14)20(27)22-12-18(26)25-11-5-10-17(25)19-23-15-8-3-4-9-16(15)24-19/h1-4,6-9,17H,5,10-12H2,(H,22,27)(H,23,24)/t17-/m1/s1. The van der Waals surface area contributed by atoms with Crippen molar-refractivity contribution in [2.75, 3.05) is 13.1 Å². The minimum atomic E-state index is -0.608. The fraction of sp³-hybridized carbons (Fsp3) is 0.250. The van der Waals surface area contributed by atoms with Crippen LogP contribution in [0.15, 0.2) is 48.5 Å². The second kappa shape index (κ2) is 7.19. The molecule has 1 atom stereocenters. The number of H-pyrrole nitrogens is 1. The average Bonchev–Trinajstić information content (AvgIpc) is 3.32. The number of aromatic amines is 1. The summed E-state index contributed by atoms with van der Waals surface area (Å²) in [7, 11) is 0. The fourth-order valence-corrected chi connectivity index (χ4v) is 3.48. The molecule has 4 rings (SSSR count). The largest absolute Gasteiger partial charge is 0.343 e. The number of carbonyl (C=O) groups excluding carboxylic acids is 2. The molecule has 0 unspecified atom stereocenters. The lowest BCUT2D eigenvalue weighted by Gasteiger charge is -2.23. The number of nitrogens with one attached hydrogen (secondary N) is 2. The summed E-state index contributed by atoms with van der Waals surface area (Å²) in [5.74, 6) is -0.658. The van der Waals surface area contributed by atoms with Crippen LogP contribution in [0.3, 0.4) is 0 Å². The van der Waals surface area contributed by atoms with Crippen LogP contribution >= 0.6 is 0 Å². The first-order valence-corrected chi connectivity index (χ1v) is 8.90. The van der Waals surface area contributed by atoms with Gasteiger partial charge in [0.25, 0.3) is 5.91 Å². The van der Waals surface area contributed by atoms with Crippen molar-refractivity contribution in [3.8, 4) is 0 Å². The Morgan fingerprint density at radius 2 is 1.96 bits per heavy atom. The Morgan fingerprint density at radius 1 is 1.19 bits per heavy atom. The van der Waals surface area contributed by atoms with Crippen molar-refractivity contribution in [2.24, 2.45) is 0 Å². The van der Waals surface area contributed by atoms with Gasteiger partial charge in [-0.2, -0.15) is 0 Å². The van der Waals surface area contributed by atoms with Gasteiger partial charge < -0.3 is 15.2 Å². The molecule has 6 nitrogen and oxygen atoms in total. The Labute approximate surface area is 155 Å². The maximum Gasteiger partial charge on any atom is 0.254 e. The second-order valence-electron chi connectivity index (χ2n) is 6.55. The molecule has 1 aromatic heterocycles. The van der Waals surface area contributed by atoms with Gasteiger partial charge in [-0.15, -0.1) is 0 Å². The summed E-state index contributed by atoms with van der Waals surface area (Å²) in [5, 5.41) is 2.51. The van der Waals surface area contributed by atoms with Gasteiger partial charge >= 0.3 is 0 Å². The van der Waals surface area contributed by atoms with Crippen molar-refractivity contribution in [1.82, 2.24) is 20.2 Å². The van der Waals surface area contributed by atoms with Crippen molar-refractivity contribution < 1.29 is 14.0 Å². The molecular formula is C20H19FN4O2. The van der Waals surface area contributed by atoms with E-state index in [9.17, 15) is 14.0 Å². The first-order valence-electron chi connectivity index (χ1n) is 8.90. The topological polar surface area (TPSA) is 78.1 Å². The number of aromatic nitrogens is 2. The van der Waals surface area contributed by atoms with Crippen LogP contribution in [0.4, 0.5) is 4.39 Å². The minimum absolute atomic E-state index is 0.0689. The summed E-state index contributed by atoms with van der Waals surface area (Å²) in [6, 6.07) is 13.3. The average molecular weight is 366 g/mol. The van der Waals surface area contributed by atoms with Gasteiger partial charge in [0.15, 0.2) is 0 Å². The van der Waals surface area contributed by atoms with Crippen LogP contribution in [0.5, 0.6) is 0 Å². The van der Waals surface area contributed by atoms with E-state index in [0.29, 0.717) is 6.54 Å². The molecule has 0 saturated carbocycles. The van der Waals surface area contributed by atoms with Gasteiger partial charge in [-0.25, -0.2) is 9.37 Å². The molecular weight excluding hydrogens is 347 g/mol. The number of nitrogens with zero attached hydrogens (tertiary/aromatic N) is 2. The third-order valence-electron chi connectivity index (χ3n) is 4.82. The quantitative estimate of drug-likeness (QED) is 0.745. The molecule has 0 aliphatic carbocycles. The van der Waals surface area contributed by atoms with Crippen molar-refractivity contribution >= 4 is 22.8 Å². The molecule has 0 bridgehead atoms. The third-order valence-corrected chi connectivity index (χ3v) is 4.82. The number of rotatable bonds is 4. The number of amides is 2. The summed E-state index contributed by atoms with van der Waals surface area (Å²) >= 11 is 0. The fourth-order valence-electron chi connectivity index (χ4n) is 3.48. The van der Waals surface area contributed by atoms with Crippen molar-refractivity contribution in [3.63, 3.8) is 0 Å². The van der Waals surface area contributed by atoms with Crippen molar-refractivity contribution in [2.45, 2.75) is 18.9 Å². The Kier molecular flexibility index (Phi) is 4.58. The summed E-state index contributed by atoms with van der Waals surface area (Å²) in [6.07, 6.45) is 1.68. The van der Waals surface area contributed by atoms with E-state index in [1.165, 1.54) is 18.2 Å². The zero-order valence-electron chi connectivity index (χ0n) is 14.6. The number of imidazole rings is 1. The summed E-state index contributed by atoms with van der Waals surface area (Å²) in [6.45, 7) is 0.431. The molecule has 27 heavy (non-hydrogen) atoms. The molecule has 0 spiro atoms. The molecule has 7 heteroatoms. The van der Waals surface area contributed by atoms with Gasteiger partial charge in [-0.05, 0) is 37.1 Å². The smallest absolute Gasteiger partial charge is 0.254 e. The Hall–Kier alpha value is -3.22. The van der Waals surface area contributed by atoms with Crippen LogP contribution in [0, 0.1) is 5.82 Å². The summed E-state index contributed by atoms with van der Waals surface area (Å²) < 4.78 is 13.7. The normalized spacial score (nSPS) is 16.6. The Bertz CT molecular complexity index is 967. The number of likely N-dealkylation sites (tertiary alicyclic amines) is 1. The van der Waals surface area contributed by atoms with E-state index in [0.717, 1.165) is 29.7 Å². The lowest BCUT2D eigenvalue weighted by Crippen LogP contribution is -2.40. The van der Waals surface area contributed by atoms with Crippen LogP contribution in [-0.4, -0.2) is 39.8 Å². The molecule has 3 aromatic rings. The highest BCUT2D eigenvalue weighted by Crippen LogP contribution is 2.31. The number of para-hydroxylation sites is 2. The monoisotopic (exact) mass is 366 g/mol. The van der Waals surface area contributed by atoms with Crippen LogP contribution < -0.4 is 5.32 Å². The molecule has 2 aromatic carbocycles. The SMILES string of the molecule is O=C(NCC(=O)N1CCC[C@@H]1c1nc2ccccc2[nH]1)c1ccccc1F. The van der Waals surface area contributed by atoms with E-state index in [2.05, 4.69) is 15.3 Å². The van der Waals surface area contributed by atoms with Gasteiger partial charge in [-0.1, -0.05) is 24.3 Å². The zero-order chi connectivity index (χ0) is 18.8. The maximum absolute atomic E-state index is 13.7. The predicted octanol–water partition coefficient (Wildman–Crippen LogP) is 2.80. The molecule has 0 radical (unpaired) electrons. The lowest BCUT2D eigenvalue weighted by molar-refractivity contribution is -0.131. The minimum Gasteiger partial charge on any atom is -0.343 e. The Balaban J connectivity index is 1.45. The van der Waals surface area contributed by atoms with Crippen LogP contribution in [0.25, 0.3) is 11.0 Å². The van der Waals surface area contributed by atoms with E-state index in [-0.39, 0.29) is 24.1 Å². The van der Waals surface area contributed by atoms with Crippen LogP contribution in [0.2, 0.25) is 0 Å². The van der Waals surface area contributed by atoms with Gasteiger partial charge in [0, 0.05) is 6.54 Å². The van der Waals surface area contributed by atoms with E-state index in [1.807, 2.05) is 24.3 Å². The summed E-state index contributed by atoms with van der Waals surface area (Å²) in [4.78, 5) is 34.3. The summed E-state index contributed by atoms with van der Waals surface area (Å²) in [5.41, 5.74) is 1.72. The first kappa shape index (κ1) is 17.2. The molecule has 1 fully saturated rings. The molecule has 1 aliphatic rings. The van der Waals surface area contributed by atoms with Crippen LogP contribution in [-0.2, 0) is 4.79 Å². The molecule has 1 saturated heterocycles. The lowest BCUT2D eigenvalue weighted by atomic mass is 10.2. The van der Waals surface area contributed by atoms with Gasteiger partial charge in [-0.3, -0.25) is 9.59 Å². The maximum atomic E-state index is 13.7. The molecule has 1 aliphatic heterocycles. The first-order chi connectivity index (χ1) is 13.1. The number of hydrogen-bond acceptors (Lipinski definition) is 3. The van der Waals surface area contributed by atoms with Gasteiger partial charge in [0.05, 0.1) is 29.2 Å². The number of carbonyl (C=O) groups is 2. The molecule has 138 valence electrons.